The molecule has 1 aromatic heterocycles. The van der Waals surface area contributed by atoms with E-state index in [2.05, 4.69) is 4.98 Å². The largest absolute Gasteiger partial charge is 0.496 e. The van der Waals surface area contributed by atoms with Crippen LogP contribution in [0.5, 0.6) is 11.5 Å². The number of ether oxygens (including phenoxy) is 4. The summed E-state index contributed by atoms with van der Waals surface area (Å²) in [6, 6.07) is 24.0. The Labute approximate surface area is 278 Å². The summed E-state index contributed by atoms with van der Waals surface area (Å²) in [5.41, 5.74) is 0.0269. The lowest BCUT2D eigenvalue weighted by molar-refractivity contribution is -0.140. The average molecular weight is 657 g/mol. The van der Waals surface area contributed by atoms with E-state index in [9.17, 15) is 24.6 Å². The molecular weight excluding hydrogens is 616 g/mol. The number of para-hydroxylation sites is 2. The monoisotopic (exact) mass is 656 g/mol. The number of hydrogen-bond acceptors (Lipinski definition) is 9. The molecule has 4 aromatic rings. The number of aromatic amines is 1. The molecule has 0 aliphatic carbocycles. The van der Waals surface area contributed by atoms with E-state index >= 15 is 0 Å². The van der Waals surface area contributed by atoms with Crippen molar-refractivity contribution in [3.05, 3.63) is 134 Å². The fourth-order valence-corrected chi connectivity index (χ4v) is 6.52. The molecule has 1 fully saturated rings. The first-order chi connectivity index (χ1) is 23.1. The highest BCUT2D eigenvalue weighted by Crippen LogP contribution is 2.51. The SMILES string of the molecule is COC(=O)CC/C(C)=C/c1cn([C@H]2C[C@H](O)[C@@H](C(O)C(c3ccccc3)(c3ccccc3OC)c3ccccc3OC)O2)c(=O)[nH]c1=O. The second-order valence-corrected chi connectivity index (χ2v) is 11.7. The number of nitrogens with zero attached hydrogens (tertiary/aromatic N) is 1. The molecule has 1 aliphatic heterocycles. The summed E-state index contributed by atoms with van der Waals surface area (Å²) in [4.78, 5) is 39.8. The highest BCUT2D eigenvalue weighted by molar-refractivity contribution is 5.69. The van der Waals surface area contributed by atoms with Crippen molar-refractivity contribution in [2.75, 3.05) is 21.3 Å². The number of rotatable bonds is 12. The number of aliphatic hydroxyl groups excluding tert-OH is 2. The minimum absolute atomic E-state index is 0.0547. The van der Waals surface area contributed by atoms with E-state index in [1.165, 1.54) is 17.9 Å². The van der Waals surface area contributed by atoms with Crippen LogP contribution in [-0.2, 0) is 19.7 Å². The van der Waals surface area contributed by atoms with Crippen LogP contribution in [0.3, 0.4) is 0 Å². The first kappa shape index (κ1) is 34.4. The van der Waals surface area contributed by atoms with Crippen LogP contribution in [0.1, 0.15) is 54.7 Å². The standard InChI is InChI=1S/C37H40N2O9/c1-23(18-19-32(41)47-4)20-24-22-39(36(44)38-35(24)43)31-21-28(40)33(48-31)34(42)37(25-12-6-5-7-13-25,26-14-8-10-16-29(26)45-2)27-15-9-11-17-30(27)46-3/h5-17,20,22,28,31,33-34,40,42H,18-19,21H2,1-4H3,(H,38,43,44)/b23-20+/t28-,31+,33-,34?/m0/s1. The molecule has 48 heavy (non-hydrogen) atoms. The van der Waals surface area contributed by atoms with E-state index in [0.717, 1.165) is 5.57 Å². The first-order valence-electron chi connectivity index (χ1n) is 15.6. The van der Waals surface area contributed by atoms with E-state index in [0.29, 0.717) is 34.6 Å². The third-order valence-electron chi connectivity index (χ3n) is 8.84. The molecule has 0 amide bonds. The van der Waals surface area contributed by atoms with Gasteiger partial charge in [-0.15, -0.1) is 0 Å². The molecule has 3 aromatic carbocycles. The second-order valence-electron chi connectivity index (χ2n) is 11.7. The van der Waals surface area contributed by atoms with E-state index < -0.39 is 41.2 Å². The minimum atomic E-state index is -1.45. The molecule has 0 saturated carbocycles. The summed E-state index contributed by atoms with van der Waals surface area (Å²) in [5, 5.41) is 24.3. The molecule has 2 heterocycles. The van der Waals surface area contributed by atoms with Crippen molar-refractivity contribution in [3.8, 4) is 11.5 Å². The molecule has 1 unspecified atom stereocenters. The van der Waals surface area contributed by atoms with E-state index in [4.69, 9.17) is 18.9 Å². The van der Waals surface area contributed by atoms with Crippen molar-refractivity contribution in [1.29, 1.82) is 0 Å². The van der Waals surface area contributed by atoms with Crippen LogP contribution in [0, 0.1) is 0 Å². The van der Waals surface area contributed by atoms with Crippen molar-refractivity contribution >= 4 is 12.0 Å². The molecule has 5 rings (SSSR count). The van der Waals surface area contributed by atoms with Crippen LogP contribution >= 0.6 is 0 Å². The Morgan fingerprint density at radius 1 is 0.958 bits per heavy atom. The molecule has 3 N–H and O–H groups in total. The number of methoxy groups -OCH3 is 3. The number of hydrogen-bond donors (Lipinski definition) is 3. The molecule has 0 spiro atoms. The van der Waals surface area contributed by atoms with Gasteiger partial charge in [-0.25, -0.2) is 4.79 Å². The molecule has 0 radical (unpaired) electrons. The first-order valence-corrected chi connectivity index (χ1v) is 15.6. The molecule has 1 aliphatic rings. The van der Waals surface area contributed by atoms with Gasteiger partial charge in [0, 0.05) is 30.2 Å². The van der Waals surface area contributed by atoms with Gasteiger partial charge in [0.25, 0.3) is 5.56 Å². The topological polar surface area (TPSA) is 149 Å². The van der Waals surface area contributed by atoms with Crippen LogP contribution < -0.4 is 20.7 Å². The van der Waals surface area contributed by atoms with Gasteiger partial charge in [-0.1, -0.05) is 72.3 Å². The smallest absolute Gasteiger partial charge is 0.330 e. The van der Waals surface area contributed by atoms with Gasteiger partial charge < -0.3 is 29.2 Å². The minimum Gasteiger partial charge on any atom is -0.496 e. The van der Waals surface area contributed by atoms with Crippen LogP contribution in [0.2, 0.25) is 0 Å². The van der Waals surface area contributed by atoms with Crippen LogP contribution in [-0.4, -0.2) is 65.4 Å². The number of allylic oxidation sites excluding steroid dienone is 1. The molecule has 1 saturated heterocycles. The van der Waals surface area contributed by atoms with Gasteiger partial charge >= 0.3 is 11.7 Å². The maximum Gasteiger partial charge on any atom is 0.330 e. The summed E-state index contributed by atoms with van der Waals surface area (Å²) in [7, 11) is 4.40. The number of benzene rings is 3. The lowest BCUT2D eigenvalue weighted by atomic mass is 9.63. The number of carbonyl (C=O) groups is 1. The van der Waals surface area contributed by atoms with Gasteiger partial charge in [-0.05, 0) is 37.1 Å². The average Bonchev–Trinajstić information content (AvgIpc) is 3.50. The Hall–Kier alpha value is -4.97. The second kappa shape index (κ2) is 14.8. The molecule has 11 nitrogen and oxygen atoms in total. The molecular formula is C37H40N2O9. The molecule has 4 atom stereocenters. The zero-order valence-electron chi connectivity index (χ0n) is 27.3. The fourth-order valence-electron chi connectivity index (χ4n) is 6.52. The van der Waals surface area contributed by atoms with Crippen molar-refractivity contribution in [2.24, 2.45) is 0 Å². The predicted octanol–water partition coefficient (Wildman–Crippen LogP) is 3.95. The van der Waals surface area contributed by atoms with Gasteiger partial charge in [-0.2, -0.15) is 0 Å². The quantitative estimate of drug-likeness (QED) is 0.152. The Kier molecular flexibility index (Phi) is 10.6. The van der Waals surface area contributed by atoms with Gasteiger partial charge in [0.15, 0.2) is 0 Å². The number of esters is 1. The van der Waals surface area contributed by atoms with Gasteiger partial charge in [-0.3, -0.25) is 19.1 Å². The Bertz CT molecular complexity index is 1830. The number of nitrogens with one attached hydrogen (secondary N) is 1. The summed E-state index contributed by atoms with van der Waals surface area (Å²) in [5.74, 6) is 0.602. The maximum atomic E-state index is 13.1. The van der Waals surface area contributed by atoms with E-state index in [1.807, 2.05) is 66.7 Å². The zero-order valence-corrected chi connectivity index (χ0v) is 27.3. The van der Waals surface area contributed by atoms with Crippen LogP contribution in [0.4, 0.5) is 0 Å². The zero-order chi connectivity index (χ0) is 34.4. The highest BCUT2D eigenvalue weighted by Gasteiger charge is 2.54. The summed E-state index contributed by atoms with van der Waals surface area (Å²) in [6.45, 7) is 1.76. The van der Waals surface area contributed by atoms with Crippen molar-refractivity contribution in [2.45, 2.75) is 56.1 Å². The van der Waals surface area contributed by atoms with Crippen molar-refractivity contribution in [3.63, 3.8) is 0 Å². The summed E-state index contributed by atoms with van der Waals surface area (Å²) >= 11 is 0. The number of carbonyl (C=O) groups excluding carboxylic acids is 1. The molecule has 252 valence electrons. The van der Waals surface area contributed by atoms with E-state index in [1.54, 1.807) is 39.4 Å². The predicted molar refractivity (Wildman–Crippen MR) is 179 cm³/mol. The van der Waals surface area contributed by atoms with Crippen LogP contribution in [0.15, 0.2) is 100 Å². The fraction of sp³-hybridized carbons (Fsp3) is 0.324. The number of aromatic nitrogens is 2. The van der Waals surface area contributed by atoms with Crippen molar-refractivity contribution in [1.82, 2.24) is 9.55 Å². The lowest BCUT2D eigenvalue weighted by Gasteiger charge is -2.43. The Morgan fingerprint density at radius 3 is 2.12 bits per heavy atom. The van der Waals surface area contributed by atoms with Crippen LogP contribution in [0.25, 0.3) is 6.08 Å². The maximum absolute atomic E-state index is 13.1. The Balaban J connectivity index is 1.62. The van der Waals surface area contributed by atoms with Gasteiger partial charge in [0.2, 0.25) is 0 Å². The number of aliphatic hydroxyl groups is 2. The van der Waals surface area contributed by atoms with Gasteiger partial charge in [0.05, 0.1) is 38.4 Å². The Morgan fingerprint density at radius 2 is 1.54 bits per heavy atom. The summed E-state index contributed by atoms with van der Waals surface area (Å²) < 4.78 is 24.0. The summed E-state index contributed by atoms with van der Waals surface area (Å²) in [6.07, 6.45) is -1.55. The van der Waals surface area contributed by atoms with Crippen molar-refractivity contribution < 1.29 is 34.0 Å². The highest BCUT2D eigenvalue weighted by atomic mass is 16.5. The molecule has 0 bridgehead atoms. The number of H-pyrrole nitrogens is 1. The third kappa shape index (κ3) is 6.57. The lowest BCUT2D eigenvalue weighted by Crippen LogP contribution is -2.51. The third-order valence-corrected chi connectivity index (χ3v) is 8.84. The molecule has 11 heteroatoms. The van der Waals surface area contributed by atoms with E-state index in [-0.39, 0.29) is 24.4 Å². The normalized spacial score (nSPS) is 18.7. The van der Waals surface area contributed by atoms with Gasteiger partial charge in [0.1, 0.15) is 29.9 Å².